The van der Waals surface area contributed by atoms with Gasteiger partial charge in [-0.3, -0.25) is 10.2 Å². The molecule has 0 spiro atoms. The minimum atomic E-state index is 0.177. The molecule has 0 aliphatic carbocycles. The van der Waals surface area contributed by atoms with E-state index in [2.05, 4.69) is 37.2 Å². The second-order valence-electron chi connectivity index (χ2n) is 7.73. The van der Waals surface area contributed by atoms with Crippen LogP contribution >= 0.6 is 23.1 Å². The first-order valence-corrected chi connectivity index (χ1v) is 12.8. The van der Waals surface area contributed by atoms with Crippen molar-refractivity contribution in [3.8, 4) is 10.4 Å². The third kappa shape index (κ3) is 5.71. The van der Waals surface area contributed by atoms with E-state index in [0.29, 0.717) is 23.6 Å². The van der Waals surface area contributed by atoms with Crippen molar-refractivity contribution in [1.29, 1.82) is 0 Å². The summed E-state index contributed by atoms with van der Waals surface area (Å²) in [4.78, 5) is 25.3. The smallest absolute Gasteiger partial charge is 0.234 e. The lowest BCUT2D eigenvalue weighted by atomic mass is 10.2. The second-order valence-corrected chi connectivity index (χ2v) is 9.80. The van der Waals surface area contributed by atoms with Gasteiger partial charge in [-0.1, -0.05) is 59.9 Å². The van der Waals surface area contributed by atoms with Crippen LogP contribution in [-0.4, -0.2) is 69.3 Å². The number of aliphatic hydroxyl groups excluding tert-OH is 1. The number of hydrogen-bond donors (Lipinski definition) is 2. The van der Waals surface area contributed by atoms with Crippen LogP contribution in [0.1, 0.15) is 0 Å². The highest BCUT2D eigenvalue weighted by atomic mass is 32.2. The second kappa shape index (κ2) is 10.9. The van der Waals surface area contributed by atoms with Crippen LogP contribution in [0.15, 0.2) is 76.9 Å². The normalized spacial score (nSPS) is 14.3. The summed E-state index contributed by atoms with van der Waals surface area (Å²) in [6.45, 7) is 4.20. The van der Waals surface area contributed by atoms with E-state index in [4.69, 9.17) is 9.97 Å². The number of nitrogens with zero attached hydrogens (tertiary/aromatic N) is 6. The molecule has 4 aromatic rings. The van der Waals surface area contributed by atoms with Crippen molar-refractivity contribution in [2.24, 2.45) is 0 Å². The van der Waals surface area contributed by atoms with Gasteiger partial charge in [0.25, 0.3) is 0 Å². The van der Waals surface area contributed by atoms with Gasteiger partial charge in [0.1, 0.15) is 0 Å². The number of hydrogen-bond acceptors (Lipinski definition) is 10. The van der Waals surface area contributed by atoms with E-state index >= 15 is 0 Å². The Labute approximate surface area is 206 Å². The molecule has 3 heterocycles. The number of benzene rings is 2. The number of aliphatic hydroxyl groups is 1. The Balaban J connectivity index is 1.39. The van der Waals surface area contributed by atoms with Crippen molar-refractivity contribution < 1.29 is 5.11 Å². The van der Waals surface area contributed by atoms with Crippen LogP contribution in [0.5, 0.6) is 0 Å². The zero-order valence-corrected chi connectivity index (χ0v) is 20.2. The van der Waals surface area contributed by atoms with Gasteiger partial charge in [-0.05, 0) is 29.5 Å². The molecular weight excluding hydrogens is 466 g/mol. The van der Waals surface area contributed by atoms with Gasteiger partial charge in [0.2, 0.25) is 11.9 Å². The lowest BCUT2D eigenvalue weighted by Gasteiger charge is -2.34. The summed E-state index contributed by atoms with van der Waals surface area (Å²) in [7, 11) is 0. The first kappa shape index (κ1) is 22.7. The van der Waals surface area contributed by atoms with Gasteiger partial charge in [-0.25, -0.2) is 4.98 Å². The van der Waals surface area contributed by atoms with E-state index in [0.717, 1.165) is 46.6 Å². The van der Waals surface area contributed by atoms with Crippen molar-refractivity contribution in [1.82, 2.24) is 24.8 Å². The Morgan fingerprint density at radius 2 is 1.65 bits per heavy atom. The van der Waals surface area contributed by atoms with Crippen LogP contribution in [0.3, 0.4) is 0 Å². The molecule has 1 fully saturated rings. The number of anilines is 3. The van der Waals surface area contributed by atoms with Gasteiger partial charge in [0.05, 0.1) is 11.5 Å². The third-order valence-electron chi connectivity index (χ3n) is 5.41. The molecule has 2 aromatic carbocycles. The molecule has 8 nitrogen and oxygen atoms in total. The predicted octanol–water partition coefficient (Wildman–Crippen LogP) is 4.00. The van der Waals surface area contributed by atoms with Crippen molar-refractivity contribution >= 4 is 40.1 Å². The topological polar surface area (TPSA) is 90.3 Å². The van der Waals surface area contributed by atoms with E-state index in [9.17, 15) is 5.11 Å². The third-order valence-corrected chi connectivity index (χ3v) is 7.24. The van der Waals surface area contributed by atoms with Crippen LogP contribution in [0, 0.1) is 0 Å². The van der Waals surface area contributed by atoms with Crippen molar-refractivity contribution in [2.75, 3.05) is 49.5 Å². The first-order valence-electron chi connectivity index (χ1n) is 11.1. The minimum absolute atomic E-state index is 0.177. The Morgan fingerprint density at radius 3 is 2.38 bits per heavy atom. The maximum Gasteiger partial charge on any atom is 0.234 e. The molecule has 0 unspecified atom stereocenters. The fraction of sp³-hybridized carbons (Fsp3) is 0.250. The molecule has 5 rings (SSSR count). The quantitative estimate of drug-likeness (QED) is 0.379. The summed E-state index contributed by atoms with van der Waals surface area (Å²) >= 11 is 3.08. The average molecular weight is 492 g/mol. The highest BCUT2D eigenvalue weighted by Crippen LogP contribution is 2.31. The maximum atomic E-state index is 9.22. The largest absolute Gasteiger partial charge is 0.395 e. The lowest BCUT2D eigenvalue weighted by Crippen LogP contribution is -2.47. The van der Waals surface area contributed by atoms with E-state index in [1.165, 1.54) is 11.8 Å². The molecule has 0 bridgehead atoms. The van der Waals surface area contributed by atoms with E-state index in [1.807, 2.05) is 54.7 Å². The SMILES string of the molecule is OCCN1CCN(c2nc(Nc3ncc(-c4ccccc4)s3)nc(Sc3ccccc3)n2)CC1. The molecule has 1 aliphatic heterocycles. The van der Waals surface area contributed by atoms with Gasteiger partial charge in [0.15, 0.2) is 10.3 Å². The number of β-amino-alcohol motifs (C(OH)–C–C–N with tert-alkyl or cyclic N) is 1. The number of nitrogens with one attached hydrogen (secondary N) is 1. The molecule has 0 amide bonds. The Morgan fingerprint density at radius 1 is 0.912 bits per heavy atom. The van der Waals surface area contributed by atoms with Crippen LogP contribution in [-0.2, 0) is 0 Å². The van der Waals surface area contributed by atoms with Gasteiger partial charge in [0, 0.05) is 43.8 Å². The molecule has 2 N–H and O–H groups in total. The molecule has 1 aliphatic rings. The highest BCUT2D eigenvalue weighted by molar-refractivity contribution is 7.99. The van der Waals surface area contributed by atoms with Gasteiger partial charge in [-0.15, -0.1) is 0 Å². The Bertz CT molecular complexity index is 1200. The highest BCUT2D eigenvalue weighted by Gasteiger charge is 2.21. The number of rotatable bonds is 8. The summed E-state index contributed by atoms with van der Waals surface area (Å²) < 4.78 is 0. The van der Waals surface area contributed by atoms with Crippen LogP contribution < -0.4 is 10.2 Å². The molecule has 2 aromatic heterocycles. The van der Waals surface area contributed by atoms with Crippen molar-refractivity contribution in [3.05, 3.63) is 66.9 Å². The van der Waals surface area contributed by atoms with Crippen molar-refractivity contribution in [2.45, 2.75) is 10.1 Å². The molecule has 10 heteroatoms. The summed E-state index contributed by atoms with van der Waals surface area (Å²) in [5, 5.41) is 13.9. The van der Waals surface area contributed by atoms with Crippen molar-refractivity contribution in [3.63, 3.8) is 0 Å². The van der Waals surface area contributed by atoms with Crippen LogP contribution in [0.2, 0.25) is 0 Å². The van der Waals surface area contributed by atoms with Gasteiger partial charge in [-0.2, -0.15) is 15.0 Å². The molecular formula is C24H25N7OS2. The van der Waals surface area contributed by atoms with Gasteiger partial charge >= 0.3 is 0 Å². The number of piperazine rings is 1. The molecule has 0 radical (unpaired) electrons. The fourth-order valence-corrected chi connectivity index (χ4v) is 5.24. The molecule has 1 saturated heterocycles. The first-order chi connectivity index (χ1) is 16.8. The monoisotopic (exact) mass is 491 g/mol. The zero-order chi connectivity index (χ0) is 23.2. The van der Waals surface area contributed by atoms with Crippen LogP contribution in [0.25, 0.3) is 10.4 Å². The summed E-state index contributed by atoms with van der Waals surface area (Å²) in [5.41, 5.74) is 1.13. The lowest BCUT2D eigenvalue weighted by molar-refractivity contribution is 0.188. The van der Waals surface area contributed by atoms with E-state index in [1.54, 1.807) is 11.3 Å². The molecule has 174 valence electrons. The summed E-state index contributed by atoms with van der Waals surface area (Å²) in [6, 6.07) is 20.3. The standard InChI is InChI=1S/C24H25N7OS2/c32-16-15-30-11-13-31(14-12-30)22-26-21(28-24(29-22)33-19-9-5-2-6-10-19)27-23-25-17-20(34-23)18-7-3-1-4-8-18/h1-10,17,32H,11-16H2,(H,25,26,27,28,29). The molecule has 0 saturated carbocycles. The Hall–Kier alpha value is -3.05. The number of aromatic nitrogens is 4. The summed E-state index contributed by atoms with van der Waals surface area (Å²) in [6.07, 6.45) is 1.87. The predicted molar refractivity (Wildman–Crippen MR) is 137 cm³/mol. The number of thiazole rings is 1. The fourth-order valence-electron chi connectivity index (χ4n) is 3.66. The Kier molecular flexibility index (Phi) is 7.30. The molecule has 0 atom stereocenters. The summed E-state index contributed by atoms with van der Waals surface area (Å²) in [5.74, 6) is 1.13. The van der Waals surface area contributed by atoms with E-state index in [-0.39, 0.29) is 6.61 Å². The van der Waals surface area contributed by atoms with Gasteiger partial charge < -0.3 is 10.0 Å². The van der Waals surface area contributed by atoms with Crippen LogP contribution in [0.4, 0.5) is 17.0 Å². The maximum absolute atomic E-state index is 9.22. The molecule has 34 heavy (non-hydrogen) atoms. The zero-order valence-electron chi connectivity index (χ0n) is 18.5. The average Bonchev–Trinajstić information content (AvgIpc) is 3.34. The minimum Gasteiger partial charge on any atom is -0.395 e. The van der Waals surface area contributed by atoms with E-state index < -0.39 is 0 Å².